The summed E-state index contributed by atoms with van der Waals surface area (Å²) in [5.41, 5.74) is 2.80. The highest BCUT2D eigenvalue weighted by Gasteiger charge is 2.25. The second kappa shape index (κ2) is 8.28. The highest BCUT2D eigenvalue weighted by Crippen LogP contribution is 2.29. The van der Waals surface area contributed by atoms with Crippen molar-refractivity contribution in [3.05, 3.63) is 90.1 Å². The van der Waals surface area contributed by atoms with Gasteiger partial charge in [0.2, 0.25) is 0 Å². The molecule has 7 heteroatoms. The van der Waals surface area contributed by atoms with Crippen molar-refractivity contribution in [3.8, 4) is 5.75 Å². The number of rotatable bonds is 7. The fraction of sp³-hybridized carbons (Fsp3) is 0.125. The summed E-state index contributed by atoms with van der Waals surface area (Å²) in [4.78, 5) is 17.0. The Kier molecular flexibility index (Phi) is 5.52. The Balaban J connectivity index is 1.77. The number of hydrogen-bond acceptors (Lipinski definition) is 5. The van der Waals surface area contributed by atoms with Crippen molar-refractivity contribution in [1.29, 1.82) is 0 Å². The summed E-state index contributed by atoms with van der Waals surface area (Å²) in [6.07, 6.45) is 2.86. The van der Waals surface area contributed by atoms with Gasteiger partial charge in [-0.15, -0.1) is 0 Å². The van der Waals surface area contributed by atoms with Crippen LogP contribution < -0.4 is 10.1 Å². The molecule has 0 aliphatic rings. The van der Waals surface area contributed by atoms with Gasteiger partial charge in [-0.2, -0.15) is 0 Å². The molecule has 4 rings (SSSR count). The van der Waals surface area contributed by atoms with E-state index >= 15 is 0 Å². The van der Waals surface area contributed by atoms with E-state index in [9.17, 15) is 13.2 Å². The van der Waals surface area contributed by atoms with Crippen LogP contribution in [-0.2, 0) is 9.84 Å². The number of sulfone groups is 1. The van der Waals surface area contributed by atoms with Crippen LogP contribution in [0.2, 0.25) is 0 Å². The number of para-hydroxylation sites is 1. The smallest absolute Gasteiger partial charge is 0.191 e. The Morgan fingerprint density at radius 1 is 1.00 bits per heavy atom. The maximum atomic E-state index is 13.6. The summed E-state index contributed by atoms with van der Waals surface area (Å²) in [5, 5.41) is 4.12. The van der Waals surface area contributed by atoms with Crippen LogP contribution in [0.5, 0.6) is 5.75 Å². The van der Waals surface area contributed by atoms with Crippen LogP contribution in [-0.4, -0.2) is 32.6 Å². The predicted octanol–water partition coefficient (Wildman–Crippen LogP) is 4.62. The van der Waals surface area contributed by atoms with Crippen molar-refractivity contribution in [2.45, 2.75) is 10.9 Å². The number of carbonyl (C=O) groups is 1. The predicted molar refractivity (Wildman–Crippen MR) is 122 cm³/mol. The minimum Gasteiger partial charge on any atom is -0.497 e. The van der Waals surface area contributed by atoms with Gasteiger partial charge in [-0.25, -0.2) is 8.42 Å². The van der Waals surface area contributed by atoms with E-state index in [0.29, 0.717) is 22.6 Å². The van der Waals surface area contributed by atoms with Gasteiger partial charge < -0.3 is 15.0 Å². The number of benzene rings is 3. The minimum atomic E-state index is -3.33. The van der Waals surface area contributed by atoms with Crippen molar-refractivity contribution in [3.63, 3.8) is 0 Å². The fourth-order valence-electron chi connectivity index (χ4n) is 3.52. The lowest BCUT2D eigenvalue weighted by Crippen LogP contribution is -2.21. The largest absolute Gasteiger partial charge is 0.497 e. The van der Waals surface area contributed by atoms with Crippen LogP contribution in [0.25, 0.3) is 10.9 Å². The van der Waals surface area contributed by atoms with E-state index in [1.165, 1.54) is 12.1 Å². The van der Waals surface area contributed by atoms with E-state index in [0.717, 1.165) is 17.2 Å². The highest BCUT2D eigenvalue weighted by molar-refractivity contribution is 7.90. The number of carbonyl (C=O) groups excluding carboxylic acids is 1. The van der Waals surface area contributed by atoms with Gasteiger partial charge in [0.15, 0.2) is 15.6 Å². The molecule has 1 atom stereocenters. The number of aromatic amines is 1. The van der Waals surface area contributed by atoms with Crippen molar-refractivity contribution >= 4 is 32.2 Å². The second-order valence-corrected chi connectivity index (χ2v) is 9.28. The molecule has 31 heavy (non-hydrogen) atoms. The van der Waals surface area contributed by atoms with E-state index < -0.39 is 15.9 Å². The van der Waals surface area contributed by atoms with Crippen LogP contribution in [0.15, 0.2) is 83.9 Å². The number of hydrogen-bond donors (Lipinski definition) is 2. The molecule has 3 aromatic carbocycles. The summed E-state index contributed by atoms with van der Waals surface area (Å²) >= 11 is 0. The number of Topliss-reactive ketones (excluding diaryl/α,β-unsaturated/α-hetero) is 1. The van der Waals surface area contributed by atoms with Crippen molar-refractivity contribution in [1.82, 2.24) is 4.98 Å². The number of H-pyrrole nitrogens is 1. The van der Waals surface area contributed by atoms with E-state index in [4.69, 9.17) is 4.74 Å². The molecule has 2 N–H and O–H groups in total. The Hall–Kier alpha value is -3.58. The Bertz CT molecular complexity index is 1340. The number of ketones is 1. The lowest BCUT2D eigenvalue weighted by atomic mass is 9.96. The topological polar surface area (TPSA) is 88.3 Å². The van der Waals surface area contributed by atoms with Crippen LogP contribution in [0.1, 0.15) is 22.0 Å². The van der Waals surface area contributed by atoms with Gasteiger partial charge in [-0.05, 0) is 35.9 Å². The standard InChI is InChI=1S/C24H22N2O4S/c1-30-18-7-5-6-17(14-18)26-23(16-10-12-19(13-11-16)31(2,28)29)24(27)21-15-25-22-9-4-3-8-20(21)22/h3-15,23,25-26H,1-2H3. The minimum absolute atomic E-state index is 0.132. The van der Waals surface area contributed by atoms with Gasteiger partial charge in [0.05, 0.1) is 12.0 Å². The van der Waals surface area contributed by atoms with Crippen LogP contribution in [0.3, 0.4) is 0 Å². The molecule has 158 valence electrons. The molecule has 0 bridgehead atoms. The second-order valence-electron chi connectivity index (χ2n) is 7.26. The first-order chi connectivity index (χ1) is 14.9. The van der Waals surface area contributed by atoms with E-state index in [1.54, 1.807) is 31.5 Å². The quantitative estimate of drug-likeness (QED) is 0.415. The zero-order valence-electron chi connectivity index (χ0n) is 17.1. The van der Waals surface area contributed by atoms with Gasteiger partial charge >= 0.3 is 0 Å². The first kappa shape index (κ1) is 20.7. The first-order valence-corrected chi connectivity index (χ1v) is 11.6. The van der Waals surface area contributed by atoms with Gasteiger partial charge in [0.25, 0.3) is 0 Å². The molecule has 4 aromatic rings. The molecule has 0 aliphatic heterocycles. The Labute approximate surface area is 180 Å². The number of fused-ring (bicyclic) bond motifs is 1. The van der Waals surface area contributed by atoms with Crippen molar-refractivity contribution < 1.29 is 17.9 Å². The van der Waals surface area contributed by atoms with E-state index in [-0.39, 0.29) is 10.7 Å². The van der Waals surface area contributed by atoms with Gasteiger partial charge in [-0.3, -0.25) is 4.79 Å². The third kappa shape index (κ3) is 4.32. The fourth-order valence-corrected chi connectivity index (χ4v) is 4.15. The third-order valence-electron chi connectivity index (χ3n) is 5.14. The number of nitrogens with one attached hydrogen (secondary N) is 2. The lowest BCUT2D eigenvalue weighted by molar-refractivity contribution is 0.0971. The Morgan fingerprint density at radius 2 is 1.74 bits per heavy atom. The number of anilines is 1. The maximum Gasteiger partial charge on any atom is 0.191 e. The molecule has 0 spiro atoms. The van der Waals surface area contributed by atoms with Crippen LogP contribution >= 0.6 is 0 Å². The van der Waals surface area contributed by atoms with Gasteiger partial charge in [0, 0.05) is 40.7 Å². The molecule has 0 saturated heterocycles. The molecule has 0 aliphatic carbocycles. The van der Waals surface area contributed by atoms with Crippen molar-refractivity contribution in [2.24, 2.45) is 0 Å². The summed E-state index contributed by atoms with van der Waals surface area (Å²) in [7, 11) is -1.75. The number of aromatic nitrogens is 1. The zero-order valence-corrected chi connectivity index (χ0v) is 17.9. The SMILES string of the molecule is COc1cccc(NC(C(=O)c2c[nH]c3ccccc23)c2ccc(S(C)(=O)=O)cc2)c1. The maximum absolute atomic E-state index is 13.6. The van der Waals surface area contributed by atoms with Crippen LogP contribution in [0.4, 0.5) is 5.69 Å². The molecule has 1 aromatic heterocycles. The lowest BCUT2D eigenvalue weighted by Gasteiger charge is -2.20. The summed E-state index contributed by atoms with van der Waals surface area (Å²) in [6, 6.07) is 20.6. The molecule has 1 unspecified atom stereocenters. The third-order valence-corrected chi connectivity index (χ3v) is 6.27. The molecular weight excluding hydrogens is 412 g/mol. The highest BCUT2D eigenvalue weighted by atomic mass is 32.2. The molecule has 0 fully saturated rings. The zero-order chi connectivity index (χ0) is 22.0. The number of ether oxygens (including phenoxy) is 1. The van der Waals surface area contributed by atoms with Gasteiger partial charge in [0.1, 0.15) is 11.8 Å². The molecule has 0 saturated carbocycles. The average Bonchev–Trinajstić information content (AvgIpc) is 3.21. The average molecular weight is 435 g/mol. The normalized spacial score (nSPS) is 12.5. The summed E-state index contributed by atoms with van der Waals surface area (Å²) in [5.74, 6) is 0.531. The van der Waals surface area contributed by atoms with Gasteiger partial charge in [-0.1, -0.05) is 36.4 Å². The summed E-state index contributed by atoms with van der Waals surface area (Å²) in [6.45, 7) is 0. The molecular formula is C24H22N2O4S. The van der Waals surface area contributed by atoms with Crippen molar-refractivity contribution in [2.75, 3.05) is 18.7 Å². The summed E-state index contributed by atoms with van der Waals surface area (Å²) < 4.78 is 29.0. The monoisotopic (exact) mass is 434 g/mol. The van der Waals surface area contributed by atoms with E-state index in [1.807, 2.05) is 42.5 Å². The molecule has 0 radical (unpaired) electrons. The molecule has 0 amide bonds. The Morgan fingerprint density at radius 3 is 2.45 bits per heavy atom. The van der Waals surface area contributed by atoms with E-state index in [2.05, 4.69) is 10.3 Å². The van der Waals surface area contributed by atoms with Crippen LogP contribution in [0, 0.1) is 0 Å². The first-order valence-electron chi connectivity index (χ1n) is 9.68. The molecule has 1 heterocycles. The number of methoxy groups -OCH3 is 1. The molecule has 6 nitrogen and oxygen atoms in total.